The first-order valence-corrected chi connectivity index (χ1v) is 17.6. The minimum atomic E-state index is 0. The van der Waals surface area contributed by atoms with Gasteiger partial charge in [-0.15, -0.1) is 24.6 Å². The number of rotatable bonds is 5. The topological polar surface area (TPSA) is 0 Å². The summed E-state index contributed by atoms with van der Waals surface area (Å²) in [4.78, 5) is 0. The Kier molecular flexibility index (Phi) is 23.2. The summed E-state index contributed by atoms with van der Waals surface area (Å²) >= 11 is 0. The molecule has 0 unspecified atom stereocenters. The molecule has 0 amide bonds. The number of hydrogen-bond donors (Lipinski definition) is 0. The van der Waals surface area contributed by atoms with Gasteiger partial charge in [0.25, 0.3) is 0 Å². The average molecular weight is 705 g/mol. The van der Waals surface area contributed by atoms with Crippen LogP contribution in [0, 0.1) is 19.1 Å². The average Bonchev–Trinajstić information content (AvgIpc) is 2.96. The van der Waals surface area contributed by atoms with Gasteiger partial charge in [-0.25, -0.2) is 0 Å². The maximum atomic E-state index is 5.36. The molecule has 41 heavy (non-hydrogen) atoms. The third kappa shape index (κ3) is 14.9. The second-order valence-electron chi connectivity index (χ2n) is 12.6. The van der Waals surface area contributed by atoms with Crippen LogP contribution in [0.4, 0.5) is 0 Å². The van der Waals surface area contributed by atoms with Crippen LogP contribution in [0.2, 0.25) is 0 Å². The van der Waals surface area contributed by atoms with Crippen molar-refractivity contribution in [1.82, 2.24) is 0 Å². The van der Waals surface area contributed by atoms with E-state index in [1.165, 1.54) is 47.4 Å². The zero-order valence-corrected chi connectivity index (χ0v) is 30.5. The molecule has 0 nitrogen and oxygen atoms in total. The van der Waals surface area contributed by atoms with Crippen LogP contribution in [0.5, 0.6) is 0 Å². The summed E-state index contributed by atoms with van der Waals surface area (Å²) in [5.41, 5.74) is 7.03. The summed E-state index contributed by atoms with van der Waals surface area (Å²) in [7, 11) is 0.385. The zero-order chi connectivity index (χ0) is 27.2. The fourth-order valence-corrected chi connectivity index (χ4v) is 11.3. The van der Waals surface area contributed by atoms with Gasteiger partial charge in [-0.05, 0) is 90.1 Å². The Morgan fingerprint density at radius 2 is 1.02 bits per heavy atom. The van der Waals surface area contributed by atoms with Crippen molar-refractivity contribution < 1.29 is 31.9 Å². The molecule has 0 saturated heterocycles. The molecule has 0 spiro atoms. The van der Waals surface area contributed by atoms with Gasteiger partial charge in [-0.2, -0.15) is 18.6 Å². The Morgan fingerprint density at radius 3 is 1.29 bits per heavy atom. The van der Waals surface area contributed by atoms with Crippen LogP contribution in [-0.4, -0.2) is 17.0 Å². The summed E-state index contributed by atoms with van der Waals surface area (Å²) in [6.45, 7) is 14.2. The molecule has 4 aliphatic rings. The van der Waals surface area contributed by atoms with E-state index in [1.54, 1.807) is 77.0 Å². The molecule has 4 aliphatic carbocycles. The summed E-state index contributed by atoms with van der Waals surface area (Å²) in [6.07, 6.45) is 33.1. The minimum Gasteiger partial charge on any atom is -1.00 e. The Balaban J connectivity index is 0.000000630. The van der Waals surface area contributed by atoms with E-state index in [-0.39, 0.29) is 44.3 Å². The first-order valence-electron chi connectivity index (χ1n) is 16.1. The van der Waals surface area contributed by atoms with Crippen molar-refractivity contribution >= 4 is 20.3 Å². The van der Waals surface area contributed by atoms with Crippen LogP contribution in [0.3, 0.4) is 0 Å². The van der Waals surface area contributed by atoms with Gasteiger partial charge in [-0.3, -0.25) is 0 Å². The maximum Gasteiger partial charge on any atom is 1.00 e. The molecule has 3 saturated carbocycles. The maximum absolute atomic E-state index is 5.36. The Hall–Kier alpha value is -0.147. The van der Waals surface area contributed by atoms with Crippen molar-refractivity contribution in [2.24, 2.45) is 0 Å². The molecule has 1 aromatic carbocycles. The van der Waals surface area contributed by atoms with Crippen molar-refractivity contribution in [2.45, 2.75) is 153 Å². The predicted molar refractivity (Wildman–Crippen MR) is 179 cm³/mol. The molecular formula is C37H57Cl2PRu. The molecule has 0 heterocycles. The monoisotopic (exact) mass is 704 g/mol. The molecule has 0 aliphatic heterocycles. The van der Waals surface area contributed by atoms with E-state index >= 15 is 0 Å². The van der Waals surface area contributed by atoms with E-state index in [1.807, 2.05) is 30.7 Å². The fraction of sp³-hybridized carbons (Fsp3) is 0.649. The quantitative estimate of drug-likeness (QED) is 0.163. The van der Waals surface area contributed by atoms with Gasteiger partial charge in [0.05, 0.1) is 0 Å². The number of benzene rings is 1. The smallest absolute Gasteiger partial charge is 1.00 e. The number of halogens is 2. The van der Waals surface area contributed by atoms with Crippen LogP contribution in [0.15, 0.2) is 48.1 Å². The van der Waals surface area contributed by atoms with Crippen molar-refractivity contribution in [3.63, 3.8) is 0 Å². The molecule has 5 rings (SSSR count). The number of allylic oxidation sites excluding steroid dienone is 5. The van der Waals surface area contributed by atoms with Crippen molar-refractivity contribution in [2.75, 3.05) is 0 Å². The van der Waals surface area contributed by atoms with E-state index in [9.17, 15) is 0 Å². The Morgan fingerprint density at radius 1 is 0.683 bits per heavy atom. The van der Waals surface area contributed by atoms with E-state index < -0.39 is 0 Å². The van der Waals surface area contributed by atoms with Crippen LogP contribution in [0.1, 0.15) is 147 Å². The molecule has 0 aromatic heterocycles. The van der Waals surface area contributed by atoms with Gasteiger partial charge in [0.15, 0.2) is 0 Å². The summed E-state index contributed by atoms with van der Waals surface area (Å²) in [5, 5.41) is 0. The van der Waals surface area contributed by atoms with E-state index in [0.717, 1.165) is 5.57 Å². The molecule has 0 atom stereocenters. The largest absolute Gasteiger partial charge is 1.00 e. The predicted octanol–water partition coefficient (Wildman–Crippen LogP) is 9.30. The van der Waals surface area contributed by atoms with E-state index in [2.05, 4.69) is 52.0 Å². The van der Waals surface area contributed by atoms with Gasteiger partial charge in [0.2, 0.25) is 0 Å². The van der Waals surface area contributed by atoms with Crippen molar-refractivity contribution in [3.05, 3.63) is 78.3 Å². The van der Waals surface area contributed by atoms with Gasteiger partial charge in [0, 0.05) is 0 Å². The van der Waals surface area contributed by atoms with Gasteiger partial charge in [0.1, 0.15) is 0 Å². The van der Waals surface area contributed by atoms with Gasteiger partial charge >= 0.3 is 19.5 Å². The summed E-state index contributed by atoms with van der Waals surface area (Å²) in [5.74, 6) is 1.17. The second-order valence-corrected chi connectivity index (χ2v) is 15.7. The first-order chi connectivity index (χ1) is 18.5. The molecule has 3 fully saturated rings. The third-order valence-electron chi connectivity index (χ3n) is 8.87. The molecule has 4 heteroatoms. The van der Waals surface area contributed by atoms with Crippen molar-refractivity contribution in [3.8, 4) is 0 Å². The first kappa shape index (κ1) is 40.9. The van der Waals surface area contributed by atoms with Crippen LogP contribution in [-0.2, 0) is 19.5 Å². The summed E-state index contributed by atoms with van der Waals surface area (Å²) < 4.78 is 0. The molecule has 232 valence electrons. The third-order valence-corrected chi connectivity index (χ3v) is 13.0. The number of hydrogen-bond acceptors (Lipinski definition) is 0. The van der Waals surface area contributed by atoms with Gasteiger partial charge in [-0.1, -0.05) is 118 Å². The second kappa shape index (κ2) is 23.3. The molecular weight excluding hydrogens is 647 g/mol. The molecule has 1 aromatic rings. The van der Waals surface area contributed by atoms with Crippen LogP contribution < -0.4 is 12.4 Å². The Labute approximate surface area is 281 Å². The van der Waals surface area contributed by atoms with Crippen LogP contribution in [0.25, 0.3) is 0 Å². The van der Waals surface area contributed by atoms with Crippen LogP contribution >= 0.6 is 20.3 Å². The SMILES string of the molecule is C1CCC(P(C2CCCCC2)C2CCCCC2)CC1.CC(C)c1[c]c(C(C)C)ccc1.Cl.[CH+]=C1C=C[CH-]C=C1.[Cl-].[Ru+]. The standard InChI is InChI=1S/C18H33P.C12H17.C7H6.2ClH.Ru/c1-4-10-16(11-5-1)19(17-12-6-2-7-13-17)18-14-8-3-9-15-18;1-9(2)11-6-5-7-12(8-11)10(3)4;1-7-5-3-2-4-6-7;;;/h16-18H,1-15H2;5-7,9-10H,1-4H3;1-6H;2*1H;/q;;;;;+1/p-1. The van der Waals surface area contributed by atoms with Crippen molar-refractivity contribution in [1.29, 1.82) is 0 Å². The molecule has 2 radical (unpaired) electrons. The zero-order valence-electron chi connectivity index (χ0n) is 26.3. The van der Waals surface area contributed by atoms with Gasteiger partial charge < -0.3 is 12.4 Å². The Bertz CT molecular complexity index is 779. The molecule has 0 bridgehead atoms. The fourth-order valence-electron chi connectivity index (χ4n) is 6.66. The van der Waals surface area contributed by atoms with E-state index in [4.69, 9.17) is 6.58 Å². The molecule has 0 N–H and O–H groups in total. The minimum absolute atomic E-state index is 0. The van der Waals surface area contributed by atoms with E-state index in [0.29, 0.717) is 19.8 Å². The summed E-state index contributed by atoms with van der Waals surface area (Å²) in [6, 6.07) is 9.87. The normalized spacial score (nSPS) is 19.5.